The van der Waals surface area contributed by atoms with E-state index in [0.29, 0.717) is 22.8 Å². The largest absolute Gasteiger partial charge is 0.416 e. The molecular weight excluding hydrogens is 563 g/mol. The lowest BCUT2D eigenvalue weighted by Crippen LogP contribution is -2.40. The van der Waals surface area contributed by atoms with Gasteiger partial charge in [-0.3, -0.25) is 0 Å². The topological polar surface area (TPSA) is 97.4 Å². The summed E-state index contributed by atoms with van der Waals surface area (Å²) in [7, 11) is 0. The lowest BCUT2D eigenvalue weighted by Gasteiger charge is -2.39. The molecule has 0 amide bonds. The number of aromatic nitrogens is 5. The summed E-state index contributed by atoms with van der Waals surface area (Å²) in [5.41, 5.74) is 11.0. The third-order valence-electron chi connectivity index (χ3n) is 8.17. The van der Waals surface area contributed by atoms with Gasteiger partial charge in [-0.05, 0) is 66.9 Å². The van der Waals surface area contributed by atoms with Crippen molar-refractivity contribution in [1.82, 2.24) is 24.5 Å². The van der Waals surface area contributed by atoms with Gasteiger partial charge in [-0.2, -0.15) is 13.2 Å². The summed E-state index contributed by atoms with van der Waals surface area (Å²) >= 11 is 0. The van der Waals surface area contributed by atoms with Crippen molar-refractivity contribution in [3.05, 3.63) is 126 Å². The predicted octanol–water partition coefficient (Wildman–Crippen LogP) is 7.81. The zero-order chi connectivity index (χ0) is 30.6. The Morgan fingerprint density at radius 3 is 2.57 bits per heavy atom. The van der Waals surface area contributed by atoms with Crippen molar-refractivity contribution >= 4 is 38.9 Å². The summed E-state index contributed by atoms with van der Waals surface area (Å²) in [6.07, 6.45) is 8.13. The number of hydrogen-bond donors (Lipinski definition) is 3. The molecule has 0 spiro atoms. The zero-order valence-corrected chi connectivity index (χ0v) is 23.9. The van der Waals surface area contributed by atoms with Crippen LogP contribution in [0.5, 0.6) is 0 Å². The molecule has 1 aliphatic carbocycles. The average molecular weight is 592 g/mol. The Morgan fingerprint density at radius 2 is 1.82 bits per heavy atom. The highest BCUT2D eigenvalue weighted by molar-refractivity contribution is 6.05. The summed E-state index contributed by atoms with van der Waals surface area (Å²) in [6, 6.07) is 17.8. The standard InChI is InChI=1S/C34H28F3N7/c1-20-17-44(19-41-20)27-14-24(34(35,36)37)13-26(15-27)43-33(2)10-9-22(21-3-6-25(38)7-4-21)11-30(33)23-5-8-28-29-16-39-18-40-32(29)42-31(28)12-23/h3-19,30,43H,38H2,1-2H3,(H,39,40,42). The minimum Gasteiger partial charge on any atom is -0.399 e. The quantitative estimate of drug-likeness (QED) is 0.178. The molecule has 3 aromatic carbocycles. The number of alkyl halides is 3. The van der Waals surface area contributed by atoms with Gasteiger partial charge in [-0.1, -0.05) is 42.5 Å². The SMILES string of the molecule is Cc1cn(-c2cc(NC3(C)C=CC(c4ccc(N)cc4)=CC3c3ccc4c(c3)[nH]c3ncncc34)cc(C(F)(F)F)c2)cn1. The smallest absolute Gasteiger partial charge is 0.399 e. The van der Waals surface area contributed by atoms with Crippen LogP contribution in [0.25, 0.3) is 33.2 Å². The highest BCUT2D eigenvalue weighted by Gasteiger charge is 2.36. The molecule has 7 nitrogen and oxygen atoms in total. The van der Waals surface area contributed by atoms with E-state index < -0.39 is 17.3 Å². The van der Waals surface area contributed by atoms with Crippen LogP contribution in [0.4, 0.5) is 24.5 Å². The maximum atomic E-state index is 14.1. The van der Waals surface area contributed by atoms with Gasteiger partial charge in [0.15, 0.2) is 0 Å². The zero-order valence-electron chi connectivity index (χ0n) is 23.9. The predicted molar refractivity (Wildman–Crippen MR) is 167 cm³/mol. The number of benzene rings is 3. The summed E-state index contributed by atoms with van der Waals surface area (Å²) in [4.78, 5) is 16.1. The van der Waals surface area contributed by atoms with Crippen LogP contribution in [0.3, 0.4) is 0 Å². The Kier molecular flexibility index (Phi) is 6.31. The van der Waals surface area contributed by atoms with Crippen LogP contribution in [0.2, 0.25) is 0 Å². The molecule has 0 radical (unpaired) electrons. The minimum atomic E-state index is -4.53. The van der Waals surface area contributed by atoms with Crippen molar-refractivity contribution < 1.29 is 13.2 Å². The van der Waals surface area contributed by atoms with E-state index in [1.807, 2.05) is 49.4 Å². The molecule has 1 aliphatic rings. The maximum Gasteiger partial charge on any atom is 0.416 e. The van der Waals surface area contributed by atoms with Gasteiger partial charge in [0.1, 0.15) is 12.0 Å². The van der Waals surface area contributed by atoms with Crippen LogP contribution in [-0.2, 0) is 6.18 Å². The molecule has 0 aliphatic heterocycles. The molecule has 2 atom stereocenters. The van der Waals surface area contributed by atoms with E-state index >= 15 is 0 Å². The van der Waals surface area contributed by atoms with Crippen LogP contribution < -0.4 is 11.1 Å². The number of rotatable bonds is 5. The van der Waals surface area contributed by atoms with Gasteiger partial charge in [0.25, 0.3) is 0 Å². The number of halogens is 3. The molecule has 6 aromatic rings. The van der Waals surface area contributed by atoms with Crippen LogP contribution in [0, 0.1) is 6.92 Å². The lowest BCUT2D eigenvalue weighted by atomic mass is 9.74. The normalized spacial score (nSPS) is 18.6. The Balaban J connectivity index is 1.35. The number of aromatic amines is 1. The molecule has 7 rings (SSSR count). The number of H-pyrrole nitrogens is 1. The van der Waals surface area contributed by atoms with Crippen molar-refractivity contribution in [2.75, 3.05) is 11.1 Å². The highest BCUT2D eigenvalue weighted by Crippen LogP contribution is 2.42. The number of anilines is 2. The average Bonchev–Trinajstić information content (AvgIpc) is 3.60. The number of fused-ring (bicyclic) bond motifs is 3. The number of nitrogen functional groups attached to an aromatic ring is 1. The summed E-state index contributed by atoms with van der Waals surface area (Å²) in [5, 5.41) is 5.38. The second-order valence-electron chi connectivity index (χ2n) is 11.4. The maximum absolute atomic E-state index is 14.1. The fourth-order valence-corrected chi connectivity index (χ4v) is 5.92. The van der Waals surface area contributed by atoms with Gasteiger partial charge in [-0.15, -0.1) is 0 Å². The van der Waals surface area contributed by atoms with Crippen molar-refractivity contribution in [3.8, 4) is 5.69 Å². The van der Waals surface area contributed by atoms with Crippen LogP contribution in [0.15, 0.2) is 104 Å². The molecule has 0 fully saturated rings. The number of nitrogens with one attached hydrogen (secondary N) is 2. The fourth-order valence-electron chi connectivity index (χ4n) is 5.92. The monoisotopic (exact) mass is 591 g/mol. The van der Waals surface area contributed by atoms with E-state index in [2.05, 4.69) is 43.5 Å². The van der Waals surface area contributed by atoms with E-state index in [-0.39, 0.29) is 5.92 Å². The molecule has 3 heterocycles. The third-order valence-corrected chi connectivity index (χ3v) is 8.17. The van der Waals surface area contributed by atoms with E-state index in [0.717, 1.165) is 50.8 Å². The summed E-state index contributed by atoms with van der Waals surface area (Å²) < 4.78 is 43.9. The number of nitrogens with two attached hydrogens (primary N) is 1. The second-order valence-corrected chi connectivity index (χ2v) is 11.4. The number of hydrogen-bond acceptors (Lipinski definition) is 5. The molecule has 44 heavy (non-hydrogen) atoms. The van der Waals surface area contributed by atoms with Crippen molar-refractivity contribution in [1.29, 1.82) is 0 Å². The molecule has 220 valence electrons. The van der Waals surface area contributed by atoms with Gasteiger partial charge >= 0.3 is 6.18 Å². The van der Waals surface area contributed by atoms with Crippen molar-refractivity contribution in [3.63, 3.8) is 0 Å². The van der Waals surface area contributed by atoms with E-state index in [9.17, 15) is 13.2 Å². The molecule has 3 aromatic heterocycles. The highest BCUT2D eigenvalue weighted by atomic mass is 19.4. The van der Waals surface area contributed by atoms with Gasteiger partial charge in [0.05, 0.1) is 23.1 Å². The molecule has 0 bridgehead atoms. The van der Waals surface area contributed by atoms with Gasteiger partial charge < -0.3 is 20.6 Å². The van der Waals surface area contributed by atoms with Gasteiger partial charge in [0.2, 0.25) is 0 Å². The third kappa shape index (κ3) is 4.98. The first-order valence-electron chi connectivity index (χ1n) is 14.1. The Bertz CT molecular complexity index is 2090. The molecule has 0 saturated heterocycles. The molecule has 2 unspecified atom stereocenters. The number of allylic oxidation sites excluding steroid dienone is 2. The van der Waals surface area contributed by atoms with Crippen LogP contribution in [0.1, 0.15) is 35.2 Å². The van der Waals surface area contributed by atoms with Gasteiger partial charge in [-0.25, -0.2) is 15.0 Å². The molecule has 10 heteroatoms. The van der Waals surface area contributed by atoms with Crippen LogP contribution >= 0.6 is 0 Å². The number of aryl methyl sites for hydroxylation is 1. The Hall–Kier alpha value is -5.38. The molecule has 4 N–H and O–H groups in total. The Labute approximate surface area is 251 Å². The fraction of sp³-hybridized carbons (Fsp3) is 0.147. The van der Waals surface area contributed by atoms with Crippen molar-refractivity contribution in [2.45, 2.75) is 31.5 Å². The first kappa shape index (κ1) is 27.5. The van der Waals surface area contributed by atoms with Crippen LogP contribution in [-0.4, -0.2) is 30.0 Å². The molecular formula is C34H28F3N7. The van der Waals surface area contributed by atoms with E-state index in [1.165, 1.54) is 12.7 Å². The minimum absolute atomic E-state index is 0.268. The second kappa shape index (κ2) is 10.1. The first-order chi connectivity index (χ1) is 21.1. The number of nitrogens with zero attached hydrogens (tertiary/aromatic N) is 4. The van der Waals surface area contributed by atoms with E-state index in [1.54, 1.807) is 30.0 Å². The van der Waals surface area contributed by atoms with Gasteiger partial charge in [0, 0.05) is 51.7 Å². The first-order valence-corrected chi connectivity index (χ1v) is 14.1. The lowest BCUT2D eigenvalue weighted by molar-refractivity contribution is -0.137. The summed E-state index contributed by atoms with van der Waals surface area (Å²) in [5.74, 6) is -0.268. The summed E-state index contributed by atoms with van der Waals surface area (Å²) in [6.45, 7) is 3.79. The van der Waals surface area contributed by atoms with Crippen molar-refractivity contribution in [2.24, 2.45) is 0 Å². The number of imidazole rings is 1. The molecule has 0 saturated carbocycles. The van der Waals surface area contributed by atoms with E-state index in [4.69, 9.17) is 5.73 Å². The Morgan fingerprint density at radius 1 is 1.00 bits per heavy atom.